The smallest absolute Gasteiger partial charge is 0.336 e. The molecule has 1 aromatic carbocycles. The lowest BCUT2D eigenvalue weighted by Gasteiger charge is -2.34. The molecule has 1 atom stereocenters. The predicted octanol–water partition coefficient (Wildman–Crippen LogP) is 4.76. The fourth-order valence-electron chi connectivity index (χ4n) is 3.66. The van der Waals surface area contributed by atoms with Crippen molar-refractivity contribution in [3.8, 4) is 0 Å². The van der Waals surface area contributed by atoms with E-state index in [1.165, 1.54) is 0 Å². The van der Waals surface area contributed by atoms with E-state index in [4.69, 9.17) is 4.74 Å². The normalized spacial score (nSPS) is 20.0. The Labute approximate surface area is 162 Å². The van der Waals surface area contributed by atoms with Crippen molar-refractivity contribution in [1.82, 2.24) is 5.32 Å². The van der Waals surface area contributed by atoms with Crippen LogP contribution in [-0.4, -0.2) is 18.4 Å². The third kappa shape index (κ3) is 3.78. The van der Waals surface area contributed by atoms with Gasteiger partial charge in [0, 0.05) is 33.8 Å². The summed E-state index contributed by atoms with van der Waals surface area (Å²) in [7, 11) is 0. The van der Waals surface area contributed by atoms with E-state index < -0.39 is 0 Å². The third-order valence-electron chi connectivity index (χ3n) is 4.91. The van der Waals surface area contributed by atoms with Crippen molar-refractivity contribution in [2.45, 2.75) is 51.9 Å². The summed E-state index contributed by atoms with van der Waals surface area (Å²) in [6.07, 6.45) is 4.01. The Morgan fingerprint density at radius 2 is 2.15 bits per heavy atom. The average molecular weight is 418 g/mol. The number of esters is 1. The molecule has 1 N–H and O–H groups in total. The van der Waals surface area contributed by atoms with Crippen LogP contribution in [0.25, 0.3) is 0 Å². The molecular formula is C21H24BrNO3. The fraction of sp³-hybridized carbons (Fsp3) is 0.429. The van der Waals surface area contributed by atoms with Crippen LogP contribution in [0.5, 0.6) is 0 Å². The first-order chi connectivity index (χ1) is 12.5. The Hall–Kier alpha value is -1.88. The lowest BCUT2D eigenvalue weighted by Crippen LogP contribution is -2.34. The van der Waals surface area contributed by atoms with Gasteiger partial charge in [-0.15, -0.1) is 0 Å². The highest BCUT2D eigenvalue weighted by Gasteiger charge is 2.39. The Morgan fingerprint density at radius 1 is 1.35 bits per heavy atom. The van der Waals surface area contributed by atoms with E-state index in [0.717, 1.165) is 52.7 Å². The molecule has 0 radical (unpaired) electrons. The summed E-state index contributed by atoms with van der Waals surface area (Å²) < 4.78 is 6.43. The summed E-state index contributed by atoms with van der Waals surface area (Å²) in [5.74, 6) is -0.584. The zero-order valence-electron chi connectivity index (χ0n) is 15.2. The molecule has 1 heterocycles. The molecule has 5 heteroatoms. The molecule has 4 nitrogen and oxygen atoms in total. The zero-order chi connectivity index (χ0) is 18.7. The van der Waals surface area contributed by atoms with Crippen molar-refractivity contribution in [3.63, 3.8) is 0 Å². The number of carbonyl (C=O) groups excluding carboxylic acids is 2. The number of halogens is 1. The lowest BCUT2D eigenvalue weighted by molar-refractivity contribution is -0.139. The van der Waals surface area contributed by atoms with Gasteiger partial charge in [0.05, 0.1) is 12.2 Å². The van der Waals surface area contributed by atoms with E-state index >= 15 is 0 Å². The molecule has 1 aliphatic heterocycles. The number of Topliss-reactive ketones (excluding diaryl/α,β-unsaturated/α-hetero) is 1. The van der Waals surface area contributed by atoms with Gasteiger partial charge < -0.3 is 10.1 Å². The van der Waals surface area contributed by atoms with Crippen LogP contribution in [-0.2, 0) is 14.3 Å². The summed E-state index contributed by atoms with van der Waals surface area (Å²) >= 11 is 3.51. The second kappa shape index (κ2) is 8.21. The topological polar surface area (TPSA) is 55.4 Å². The predicted molar refractivity (Wildman–Crippen MR) is 104 cm³/mol. The number of hydrogen-bond donors (Lipinski definition) is 1. The van der Waals surface area contributed by atoms with Crippen LogP contribution >= 0.6 is 15.9 Å². The summed E-state index contributed by atoms with van der Waals surface area (Å²) in [5.41, 5.74) is 3.94. The molecule has 3 rings (SSSR count). The van der Waals surface area contributed by atoms with Crippen LogP contribution in [0.3, 0.4) is 0 Å². The van der Waals surface area contributed by atoms with Gasteiger partial charge in [0.1, 0.15) is 0 Å². The van der Waals surface area contributed by atoms with Crippen LogP contribution < -0.4 is 5.32 Å². The molecule has 138 valence electrons. The number of hydrogen-bond acceptors (Lipinski definition) is 4. The van der Waals surface area contributed by atoms with Crippen LogP contribution in [0.15, 0.2) is 51.3 Å². The molecule has 0 saturated heterocycles. The fourth-order valence-corrected chi connectivity index (χ4v) is 4.08. The number of allylic oxidation sites excluding steroid dienone is 3. The van der Waals surface area contributed by atoms with Crippen molar-refractivity contribution >= 4 is 27.7 Å². The molecule has 0 unspecified atom stereocenters. The molecule has 1 aromatic rings. The highest BCUT2D eigenvalue weighted by Crippen LogP contribution is 2.42. The van der Waals surface area contributed by atoms with E-state index in [9.17, 15) is 9.59 Å². The largest absolute Gasteiger partial charge is 0.462 e. The van der Waals surface area contributed by atoms with Gasteiger partial charge in [-0.05, 0) is 43.9 Å². The standard InChI is InChI=1S/C21H24BrNO3/c1-3-4-11-26-21(25)18-13(2)23-16-9-6-10-17(24)20(16)19(18)14-7-5-8-15(22)12-14/h5,7-8,12,19,23H,3-4,6,9-11H2,1-2H3/t19-/m1/s1. The lowest BCUT2D eigenvalue weighted by atomic mass is 9.75. The van der Waals surface area contributed by atoms with Crippen molar-refractivity contribution in [2.75, 3.05) is 6.61 Å². The summed E-state index contributed by atoms with van der Waals surface area (Å²) in [4.78, 5) is 25.6. The third-order valence-corrected chi connectivity index (χ3v) is 5.40. The highest BCUT2D eigenvalue weighted by atomic mass is 79.9. The molecule has 0 spiro atoms. The Morgan fingerprint density at radius 3 is 2.88 bits per heavy atom. The van der Waals surface area contributed by atoms with Gasteiger partial charge in [-0.1, -0.05) is 41.4 Å². The second-order valence-corrected chi connectivity index (χ2v) is 7.73. The highest BCUT2D eigenvalue weighted by molar-refractivity contribution is 9.10. The molecule has 0 saturated carbocycles. The minimum absolute atomic E-state index is 0.120. The Balaban J connectivity index is 2.06. The van der Waals surface area contributed by atoms with Gasteiger partial charge in [0.15, 0.2) is 5.78 Å². The minimum atomic E-state index is -0.370. The van der Waals surface area contributed by atoms with Crippen LogP contribution in [0.1, 0.15) is 57.4 Å². The van der Waals surface area contributed by atoms with Gasteiger partial charge in [-0.25, -0.2) is 4.79 Å². The number of benzene rings is 1. The maximum atomic E-state index is 12.9. The van der Waals surface area contributed by atoms with Gasteiger partial charge in [-0.3, -0.25) is 4.79 Å². The monoisotopic (exact) mass is 417 g/mol. The van der Waals surface area contributed by atoms with E-state index in [1.807, 2.05) is 31.2 Å². The first kappa shape index (κ1) is 18.9. The van der Waals surface area contributed by atoms with Gasteiger partial charge >= 0.3 is 5.97 Å². The summed E-state index contributed by atoms with van der Waals surface area (Å²) in [5, 5.41) is 3.31. The number of dihydropyridines is 1. The quantitative estimate of drug-likeness (QED) is 0.554. The molecule has 0 aromatic heterocycles. The minimum Gasteiger partial charge on any atom is -0.462 e. The van der Waals surface area contributed by atoms with Crippen molar-refractivity contribution in [2.24, 2.45) is 0 Å². The van der Waals surface area contributed by atoms with Gasteiger partial charge in [0.25, 0.3) is 0 Å². The van der Waals surface area contributed by atoms with E-state index in [2.05, 4.69) is 28.2 Å². The van der Waals surface area contributed by atoms with E-state index in [1.54, 1.807) is 0 Å². The number of rotatable bonds is 5. The summed E-state index contributed by atoms with van der Waals surface area (Å²) in [6, 6.07) is 7.83. The maximum absolute atomic E-state index is 12.9. The molecule has 2 aliphatic rings. The van der Waals surface area contributed by atoms with Crippen LogP contribution in [0.4, 0.5) is 0 Å². The number of ether oxygens (including phenoxy) is 1. The molecule has 0 bridgehead atoms. The van der Waals surface area contributed by atoms with E-state index in [0.29, 0.717) is 18.6 Å². The van der Waals surface area contributed by atoms with Crippen molar-refractivity contribution in [3.05, 3.63) is 56.8 Å². The molecule has 0 amide bonds. The second-order valence-electron chi connectivity index (χ2n) is 6.81. The molecule has 0 fully saturated rings. The first-order valence-electron chi connectivity index (χ1n) is 9.19. The van der Waals surface area contributed by atoms with E-state index in [-0.39, 0.29) is 17.7 Å². The number of unbranched alkanes of at least 4 members (excludes halogenated alkanes) is 1. The first-order valence-corrected chi connectivity index (χ1v) is 9.98. The Bertz CT molecular complexity index is 794. The van der Waals surface area contributed by atoms with Crippen molar-refractivity contribution < 1.29 is 14.3 Å². The van der Waals surface area contributed by atoms with Crippen molar-refractivity contribution in [1.29, 1.82) is 0 Å². The number of carbonyl (C=O) groups is 2. The molecule has 1 aliphatic carbocycles. The molecule has 26 heavy (non-hydrogen) atoms. The number of ketones is 1. The van der Waals surface area contributed by atoms with Gasteiger partial charge in [0.2, 0.25) is 0 Å². The van der Waals surface area contributed by atoms with Crippen LogP contribution in [0.2, 0.25) is 0 Å². The SMILES string of the molecule is CCCCOC(=O)C1=C(C)NC2=C(C(=O)CCC2)[C@@H]1c1cccc(Br)c1. The summed E-state index contributed by atoms with van der Waals surface area (Å²) in [6.45, 7) is 4.35. The average Bonchev–Trinajstić information content (AvgIpc) is 2.61. The number of nitrogens with one attached hydrogen (secondary N) is 1. The maximum Gasteiger partial charge on any atom is 0.336 e. The Kier molecular flexibility index (Phi) is 5.97. The van der Waals surface area contributed by atoms with Gasteiger partial charge in [-0.2, -0.15) is 0 Å². The van der Waals surface area contributed by atoms with Crippen LogP contribution in [0, 0.1) is 0 Å². The molecular weight excluding hydrogens is 394 g/mol. The zero-order valence-corrected chi connectivity index (χ0v) is 16.8.